The Hall–Kier alpha value is -1.05. The quantitative estimate of drug-likeness (QED) is 0.788. The predicted molar refractivity (Wildman–Crippen MR) is 70.9 cm³/mol. The Morgan fingerprint density at radius 2 is 1.81 bits per heavy atom. The van der Waals surface area contributed by atoms with Crippen molar-refractivity contribution in [1.82, 2.24) is 0 Å². The van der Waals surface area contributed by atoms with Crippen molar-refractivity contribution in [3.63, 3.8) is 0 Å². The van der Waals surface area contributed by atoms with Crippen molar-refractivity contribution in [3.8, 4) is 5.75 Å². The van der Waals surface area contributed by atoms with E-state index in [4.69, 9.17) is 5.73 Å². The minimum Gasteiger partial charge on any atom is -0.428 e. The molecule has 120 valence electrons. The van der Waals surface area contributed by atoms with Gasteiger partial charge in [-0.3, -0.25) is 0 Å². The normalized spacial score (nSPS) is 18.0. The Morgan fingerprint density at radius 1 is 1.24 bits per heavy atom. The van der Waals surface area contributed by atoms with Crippen molar-refractivity contribution in [3.05, 3.63) is 29.8 Å². The number of aliphatic hydroxyl groups excluding tert-OH is 1. The number of ether oxygens (including phenoxy) is 1. The van der Waals surface area contributed by atoms with Crippen molar-refractivity contribution in [2.75, 3.05) is 0 Å². The molecule has 1 aliphatic rings. The van der Waals surface area contributed by atoms with Crippen molar-refractivity contribution in [2.45, 2.75) is 37.5 Å². The van der Waals surface area contributed by atoms with Crippen molar-refractivity contribution < 1.29 is 27.4 Å². The summed E-state index contributed by atoms with van der Waals surface area (Å²) in [5.41, 5.74) is 5.90. The van der Waals surface area contributed by atoms with Crippen LogP contribution in [0, 0.1) is 5.92 Å². The van der Waals surface area contributed by atoms with Gasteiger partial charge in [0.05, 0.1) is 12.1 Å². The van der Waals surface area contributed by atoms with E-state index in [1.807, 2.05) is 0 Å². The summed E-state index contributed by atoms with van der Waals surface area (Å²) >= 11 is 0. The second-order valence-electron chi connectivity index (χ2n) is 4.86. The molecule has 0 aromatic heterocycles. The molecule has 0 bridgehead atoms. The average Bonchev–Trinajstić information content (AvgIpc) is 3.21. The molecule has 2 rings (SSSR count). The highest BCUT2D eigenvalue weighted by molar-refractivity contribution is 5.85. The lowest BCUT2D eigenvalue weighted by atomic mass is 9.98. The predicted octanol–water partition coefficient (Wildman–Crippen LogP) is 3.12. The fourth-order valence-electron chi connectivity index (χ4n) is 1.95. The van der Waals surface area contributed by atoms with E-state index in [-0.39, 0.29) is 23.9 Å². The number of alkyl halides is 4. The molecule has 3 N–H and O–H groups in total. The summed E-state index contributed by atoms with van der Waals surface area (Å²) in [6, 6.07) is 4.45. The molecular formula is C13H16ClF4NO2. The molecule has 1 aromatic carbocycles. The van der Waals surface area contributed by atoms with Gasteiger partial charge < -0.3 is 15.6 Å². The topological polar surface area (TPSA) is 55.5 Å². The Kier molecular flexibility index (Phi) is 5.83. The van der Waals surface area contributed by atoms with Crippen LogP contribution < -0.4 is 10.5 Å². The monoisotopic (exact) mass is 329 g/mol. The third-order valence-corrected chi connectivity index (χ3v) is 3.25. The Labute approximate surface area is 125 Å². The largest absolute Gasteiger partial charge is 0.461 e. The molecule has 0 heterocycles. The van der Waals surface area contributed by atoms with E-state index >= 15 is 0 Å². The molecule has 0 spiro atoms. The van der Waals surface area contributed by atoms with E-state index in [0.29, 0.717) is 0 Å². The molecule has 1 fully saturated rings. The highest BCUT2D eigenvalue weighted by Gasteiger charge is 2.45. The van der Waals surface area contributed by atoms with Gasteiger partial charge in [0.1, 0.15) is 5.75 Å². The molecule has 1 aliphatic carbocycles. The third-order valence-electron chi connectivity index (χ3n) is 3.25. The number of benzene rings is 1. The summed E-state index contributed by atoms with van der Waals surface area (Å²) in [7, 11) is 0. The van der Waals surface area contributed by atoms with E-state index in [2.05, 4.69) is 4.74 Å². The van der Waals surface area contributed by atoms with Gasteiger partial charge in [-0.15, -0.1) is 12.4 Å². The Balaban J connectivity index is 0.00000220. The minimum absolute atomic E-state index is 0. The fourth-order valence-corrected chi connectivity index (χ4v) is 1.95. The number of hydrogen-bond donors (Lipinski definition) is 2. The first kappa shape index (κ1) is 18.0. The number of rotatable bonds is 6. The summed E-state index contributed by atoms with van der Waals surface area (Å²) in [6.45, 7) is 0. The maximum absolute atomic E-state index is 13.0. The standard InChI is InChI=1S/C13H15F4NO2.ClH/c14-12(15)13(16,17)20-9-4-2-1-3-8(9)10(18)11(19)7-5-6-7;/h1-4,7,10-12,19H,5-6,18H2;1H/t10-,11+;/m1./s1. The maximum atomic E-state index is 13.0. The molecule has 3 nitrogen and oxygen atoms in total. The number of para-hydroxylation sites is 1. The first-order chi connectivity index (χ1) is 9.33. The smallest absolute Gasteiger partial charge is 0.428 e. The van der Waals surface area contributed by atoms with Crippen LogP contribution in [-0.2, 0) is 0 Å². The summed E-state index contributed by atoms with van der Waals surface area (Å²) in [4.78, 5) is 0. The van der Waals surface area contributed by atoms with E-state index < -0.39 is 30.4 Å². The van der Waals surface area contributed by atoms with Gasteiger partial charge in [-0.25, -0.2) is 0 Å². The van der Waals surface area contributed by atoms with Crippen molar-refractivity contribution >= 4 is 12.4 Å². The van der Waals surface area contributed by atoms with Gasteiger partial charge in [0.25, 0.3) is 0 Å². The first-order valence-corrected chi connectivity index (χ1v) is 6.20. The molecule has 2 atom stereocenters. The van der Waals surface area contributed by atoms with Crippen LogP contribution in [0.3, 0.4) is 0 Å². The maximum Gasteiger partial charge on any atom is 0.461 e. The number of nitrogens with two attached hydrogens (primary N) is 1. The minimum atomic E-state index is -4.60. The molecule has 1 aromatic rings. The van der Waals surface area contributed by atoms with Crippen LogP contribution in [-0.4, -0.2) is 23.7 Å². The van der Waals surface area contributed by atoms with E-state index in [9.17, 15) is 22.7 Å². The fraction of sp³-hybridized carbons (Fsp3) is 0.538. The van der Waals surface area contributed by atoms with E-state index in [0.717, 1.165) is 18.9 Å². The van der Waals surface area contributed by atoms with Crippen LogP contribution in [0.4, 0.5) is 17.6 Å². The molecule has 8 heteroatoms. The Morgan fingerprint density at radius 3 is 2.33 bits per heavy atom. The van der Waals surface area contributed by atoms with Crippen LogP contribution in [0.15, 0.2) is 24.3 Å². The highest BCUT2D eigenvalue weighted by atomic mass is 35.5. The zero-order valence-electron chi connectivity index (χ0n) is 10.9. The molecule has 0 saturated heterocycles. The van der Waals surface area contributed by atoms with Crippen molar-refractivity contribution in [2.24, 2.45) is 11.7 Å². The van der Waals surface area contributed by atoms with Crippen LogP contribution in [0.2, 0.25) is 0 Å². The molecule has 1 saturated carbocycles. The zero-order chi connectivity index (χ0) is 14.9. The third kappa shape index (κ3) is 4.21. The van der Waals surface area contributed by atoms with Gasteiger partial charge in [-0.05, 0) is 24.8 Å². The van der Waals surface area contributed by atoms with Crippen LogP contribution in [0.25, 0.3) is 0 Å². The molecule has 0 aliphatic heterocycles. The lowest BCUT2D eigenvalue weighted by Crippen LogP contribution is -2.35. The molecular weight excluding hydrogens is 314 g/mol. The molecule has 21 heavy (non-hydrogen) atoms. The van der Waals surface area contributed by atoms with Crippen LogP contribution in [0.5, 0.6) is 5.75 Å². The van der Waals surface area contributed by atoms with Crippen molar-refractivity contribution in [1.29, 1.82) is 0 Å². The second-order valence-corrected chi connectivity index (χ2v) is 4.86. The lowest BCUT2D eigenvalue weighted by molar-refractivity contribution is -0.253. The van der Waals surface area contributed by atoms with E-state index in [1.54, 1.807) is 0 Å². The summed E-state index contributed by atoms with van der Waals surface area (Å²) in [6.07, 6.45) is -7.82. The van der Waals surface area contributed by atoms with E-state index in [1.165, 1.54) is 18.2 Å². The lowest BCUT2D eigenvalue weighted by Gasteiger charge is -2.24. The summed E-state index contributed by atoms with van der Waals surface area (Å²) < 4.78 is 54.4. The van der Waals surface area contributed by atoms with Crippen LogP contribution in [0.1, 0.15) is 24.4 Å². The van der Waals surface area contributed by atoms with Gasteiger partial charge in [0.2, 0.25) is 0 Å². The summed E-state index contributed by atoms with van der Waals surface area (Å²) in [5, 5.41) is 9.93. The summed E-state index contributed by atoms with van der Waals surface area (Å²) in [5.74, 6) is -0.418. The molecule has 0 unspecified atom stereocenters. The first-order valence-electron chi connectivity index (χ1n) is 6.20. The van der Waals surface area contributed by atoms with Gasteiger partial charge in [0.15, 0.2) is 0 Å². The highest BCUT2D eigenvalue weighted by Crippen LogP contribution is 2.40. The zero-order valence-corrected chi connectivity index (χ0v) is 11.7. The average molecular weight is 330 g/mol. The van der Waals surface area contributed by atoms with Gasteiger partial charge in [-0.1, -0.05) is 18.2 Å². The number of halogens is 5. The Bertz CT molecular complexity index is 471. The van der Waals surface area contributed by atoms with Gasteiger partial charge in [-0.2, -0.15) is 17.6 Å². The molecule has 0 radical (unpaired) electrons. The number of hydrogen-bond acceptors (Lipinski definition) is 3. The SMILES string of the molecule is Cl.N[C@H](c1ccccc1OC(F)(F)C(F)F)[C@@H](O)C1CC1. The second kappa shape index (κ2) is 6.81. The molecule has 0 amide bonds. The number of aliphatic hydroxyl groups is 1. The van der Waals surface area contributed by atoms with Crippen LogP contribution >= 0.6 is 12.4 Å². The van der Waals surface area contributed by atoms with Gasteiger partial charge in [0, 0.05) is 5.56 Å². The van der Waals surface area contributed by atoms with Gasteiger partial charge >= 0.3 is 12.5 Å².